The lowest BCUT2D eigenvalue weighted by Gasteiger charge is -2.14. The summed E-state index contributed by atoms with van der Waals surface area (Å²) >= 11 is 0. The zero-order valence-electron chi connectivity index (χ0n) is 18.5. The molecule has 0 spiro atoms. The topological polar surface area (TPSA) is 0 Å². The standard InChI is InChI=1S/C32H26/c1-23-8-12-25(13-9-23)26-16-18-27(19-17-26)30-20-21-31(29-14-10-24(2)11-15-29)32(22-30)28-6-4-3-5-7-28/h3-22H,1-2H3. The summed E-state index contributed by atoms with van der Waals surface area (Å²) in [5, 5.41) is 0. The van der Waals surface area contributed by atoms with Crippen LogP contribution >= 0.6 is 0 Å². The van der Waals surface area contributed by atoms with Crippen molar-refractivity contribution in [2.45, 2.75) is 13.8 Å². The van der Waals surface area contributed by atoms with Crippen LogP contribution in [0.25, 0.3) is 44.5 Å². The van der Waals surface area contributed by atoms with Gasteiger partial charge in [0, 0.05) is 0 Å². The number of hydrogen-bond acceptors (Lipinski definition) is 0. The van der Waals surface area contributed by atoms with E-state index >= 15 is 0 Å². The Morgan fingerprint density at radius 3 is 1.28 bits per heavy atom. The monoisotopic (exact) mass is 410 g/mol. The van der Waals surface area contributed by atoms with Crippen molar-refractivity contribution >= 4 is 0 Å². The summed E-state index contributed by atoms with van der Waals surface area (Å²) in [4.78, 5) is 0. The Morgan fingerprint density at radius 1 is 0.312 bits per heavy atom. The second-order valence-electron chi connectivity index (χ2n) is 8.44. The molecular formula is C32H26. The summed E-state index contributed by atoms with van der Waals surface area (Å²) in [6, 6.07) is 43.9. The van der Waals surface area contributed by atoms with Crippen LogP contribution in [0.2, 0.25) is 0 Å². The van der Waals surface area contributed by atoms with Crippen LogP contribution in [0.1, 0.15) is 11.1 Å². The maximum atomic E-state index is 2.32. The largest absolute Gasteiger partial charge is 0.0622 e. The van der Waals surface area contributed by atoms with Gasteiger partial charge < -0.3 is 0 Å². The molecule has 5 aromatic rings. The fraction of sp³-hybridized carbons (Fsp3) is 0.0625. The van der Waals surface area contributed by atoms with E-state index in [1.807, 2.05) is 0 Å². The lowest BCUT2D eigenvalue weighted by molar-refractivity contribution is 1.46. The van der Waals surface area contributed by atoms with Crippen LogP contribution in [0, 0.1) is 13.8 Å². The third-order valence-electron chi connectivity index (χ3n) is 6.07. The molecule has 0 aliphatic heterocycles. The molecule has 0 saturated heterocycles. The maximum absolute atomic E-state index is 2.32. The zero-order chi connectivity index (χ0) is 21.9. The average molecular weight is 411 g/mol. The van der Waals surface area contributed by atoms with Crippen LogP contribution in [0.3, 0.4) is 0 Å². The van der Waals surface area contributed by atoms with Gasteiger partial charge in [0.2, 0.25) is 0 Å². The summed E-state index contributed by atoms with van der Waals surface area (Å²) in [7, 11) is 0. The highest BCUT2D eigenvalue weighted by Gasteiger charge is 2.10. The molecule has 0 unspecified atom stereocenters. The van der Waals surface area contributed by atoms with Gasteiger partial charge in [-0.1, -0.05) is 126 Å². The molecule has 0 amide bonds. The fourth-order valence-corrected chi connectivity index (χ4v) is 4.17. The van der Waals surface area contributed by atoms with Crippen molar-refractivity contribution in [3.8, 4) is 44.5 Å². The minimum absolute atomic E-state index is 1.23. The molecule has 0 bridgehead atoms. The van der Waals surface area contributed by atoms with Crippen LogP contribution in [0.4, 0.5) is 0 Å². The highest BCUT2D eigenvalue weighted by atomic mass is 14.1. The molecule has 154 valence electrons. The van der Waals surface area contributed by atoms with Crippen molar-refractivity contribution in [3.05, 3.63) is 132 Å². The van der Waals surface area contributed by atoms with E-state index in [1.165, 1.54) is 55.6 Å². The van der Waals surface area contributed by atoms with Crippen molar-refractivity contribution in [3.63, 3.8) is 0 Å². The van der Waals surface area contributed by atoms with Crippen LogP contribution in [0.15, 0.2) is 121 Å². The van der Waals surface area contributed by atoms with Crippen LogP contribution in [0.5, 0.6) is 0 Å². The van der Waals surface area contributed by atoms with Crippen LogP contribution < -0.4 is 0 Å². The molecule has 0 saturated carbocycles. The van der Waals surface area contributed by atoms with Gasteiger partial charge in [-0.15, -0.1) is 0 Å². The Balaban J connectivity index is 1.56. The SMILES string of the molecule is Cc1ccc(-c2ccc(-c3ccc(-c4ccc(C)cc4)c(-c4ccccc4)c3)cc2)cc1. The molecule has 0 nitrogen and oxygen atoms in total. The highest BCUT2D eigenvalue weighted by Crippen LogP contribution is 2.36. The normalized spacial score (nSPS) is 10.8. The molecule has 0 radical (unpaired) electrons. The van der Waals surface area contributed by atoms with Crippen molar-refractivity contribution in [1.29, 1.82) is 0 Å². The van der Waals surface area contributed by atoms with Gasteiger partial charge in [0.1, 0.15) is 0 Å². The Labute approximate surface area is 190 Å². The van der Waals surface area contributed by atoms with E-state index in [9.17, 15) is 0 Å². The summed E-state index contributed by atoms with van der Waals surface area (Å²) < 4.78 is 0. The van der Waals surface area contributed by atoms with Gasteiger partial charge in [-0.3, -0.25) is 0 Å². The van der Waals surface area contributed by atoms with Gasteiger partial charge in [0.05, 0.1) is 0 Å². The smallest absolute Gasteiger partial charge is 0.00992 e. The van der Waals surface area contributed by atoms with Crippen molar-refractivity contribution in [2.75, 3.05) is 0 Å². The van der Waals surface area contributed by atoms with E-state index < -0.39 is 0 Å². The lowest BCUT2D eigenvalue weighted by Crippen LogP contribution is -1.88. The first-order chi connectivity index (χ1) is 15.7. The summed E-state index contributed by atoms with van der Waals surface area (Å²) in [6.07, 6.45) is 0. The second-order valence-corrected chi connectivity index (χ2v) is 8.44. The molecule has 0 heterocycles. The predicted molar refractivity (Wildman–Crippen MR) is 138 cm³/mol. The Kier molecular flexibility index (Phi) is 5.44. The predicted octanol–water partition coefficient (Wildman–Crippen LogP) is 8.97. The van der Waals surface area contributed by atoms with Crippen molar-refractivity contribution in [1.82, 2.24) is 0 Å². The number of benzene rings is 5. The van der Waals surface area contributed by atoms with E-state index in [-0.39, 0.29) is 0 Å². The zero-order valence-corrected chi connectivity index (χ0v) is 18.5. The molecule has 0 aliphatic carbocycles. The first-order valence-electron chi connectivity index (χ1n) is 11.1. The Bertz CT molecular complexity index is 1320. The molecule has 0 aromatic heterocycles. The molecule has 0 atom stereocenters. The summed E-state index contributed by atoms with van der Waals surface area (Å²) in [5.41, 5.74) is 12.5. The quantitative estimate of drug-likeness (QED) is 0.277. The molecule has 5 rings (SSSR count). The molecular weight excluding hydrogens is 384 g/mol. The molecule has 0 heteroatoms. The van der Waals surface area contributed by atoms with Crippen molar-refractivity contribution < 1.29 is 0 Å². The second kappa shape index (κ2) is 8.69. The maximum Gasteiger partial charge on any atom is -0.00992 e. The van der Waals surface area contributed by atoms with Crippen LogP contribution in [-0.4, -0.2) is 0 Å². The van der Waals surface area contributed by atoms with Gasteiger partial charge in [-0.05, 0) is 64.4 Å². The number of hydrogen-bond donors (Lipinski definition) is 0. The minimum atomic E-state index is 1.23. The van der Waals surface area contributed by atoms with Gasteiger partial charge in [0.25, 0.3) is 0 Å². The van der Waals surface area contributed by atoms with Gasteiger partial charge in [0.15, 0.2) is 0 Å². The van der Waals surface area contributed by atoms with Crippen LogP contribution in [-0.2, 0) is 0 Å². The molecule has 32 heavy (non-hydrogen) atoms. The molecule has 0 aliphatic rings. The highest BCUT2D eigenvalue weighted by molar-refractivity contribution is 5.87. The van der Waals surface area contributed by atoms with Gasteiger partial charge in [-0.25, -0.2) is 0 Å². The first-order valence-corrected chi connectivity index (χ1v) is 11.1. The third kappa shape index (κ3) is 4.13. The Morgan fingerprint density at radius 2 is 0.719 bits per heavy atom. The van der Waals surface area contributed by atoms with Gasteiger partial charge >= 0.3 is 0 Å². The van der Waals surface area contributed by atoms with Gasteiger partial charge in [-0.2, -0.15) is 0 Å². The lowest BCUT2D eigenvalue weighted by atomic mass is 9.90. The molecule has 0 N–H and O–H groups in total. The molecule has 0 fully saturated rings. The number of aryl methyl sites for hydroxylation is 2. The summed E-state index contributed by atoms with van der Waals surface area (Å²) in [5.74, 6) is 0. The van der Waals surface area contributed by atoms with E-state index in [2.05, 4.69) is 135 Å². The fourth-order valence-electron chi connectivity index (χ4n) is 4.17. The first kappa shape index (κ1) is 20.0. The minimum Gasteiger partial charge on any atom is -0.0622 e. The van der Waals surface area contributed by atoms with E-state index in [0.717, 1.165) is 0 Å². The van der Waals surface area contributed by atoms with Crippen molar-refractivity contribution in [2.24, 2.45) is 0 Å². The van der Waals surface area contributed by atoms with E-state index in [1.54, 1.807) is 0 Å². The van der Waals surface area contributed by atoms with E-state index in [4.69, 9.17) is 0 Å². The third-order valence-corrected chi connectivity index (χ3v) is 6.07. The van der Waals surface area contributed by atoms with E-state index in [0.29, 0.717) is 0 Å². The average Bonchev–Trinajstić information content (AvgIpc) is 2.85. The Hall–Kier alpha value is -3.90. The summed E-state index contributed by atoms with van der Waals surface area (Å²) in [6.45, 7) is 4.25. The molecule has 5 aromatic carbocycles. The number of rotatable bonds is 4.